The molecule has 1 aliphatic heterocycles. The first kappa shape index (κ1) is 14.8. The summed E-state index contributed by atoms with van der Waals surface area (Å²) in [4.78, 5) is 17.2. The highest BCUT2D eigenvalue weighted by Gasteiger charge is 2.23. The van der Waals surface area contributed by atoms with E-state index in [4.69, 9.17) is 16.3 Å². The van der Waals surface area contributed by atoms with Crippen LogP contribution in [0.3, 0.4) is 0 Å². The van der Waals surface area contributed by atoms with Gasteiger partial charge in [0.25, 0.3) is 0 Å². The maximum atomic E-state index is 11.5. The fourth-order valence-electron chi connectivity index (χ4n) is 2.30. The van der Waals surface area contributed by atoms with Gasteiger partial charge in [0.15, 0.2) is 0 Å². The number of halogens is 1. The number of carbonyl (C=O) groups excluding carboxylic acids is 1. The minimum atomic E-state index is -0.280. The summed E-state index contributed by atoms with van der Waals surface area (Å²) in [6.45, 7) is 2.44. The van der Waals surface area contributed by atoms with Crippen molar-refractivity contribution in [3.05, 3.63) is 58.9 Å². The number of aromatic nitrogens is 1. The lowest BCUT2D eigenvalue weighted by Gasteiger charge is -2.13. The van der Waals surface area contributed by atoms with Gasteiger partial charge in [0, 0.05) is 41.8 Å². The molecule has 5 nitrogen and oxygen atoms in total. The van der Waals surface area contributed by atoms with Gasteiger partial charge < -0.3 is 10.1 Å². The zero-order valence-electron chi connectivity index (χ0n) is 12.0. The fourth-order valence-corrected chi connectivity index (χ4v) is 2.48. The van der Waals surface area contributed by atoms with Crippen LogP contribution in [-0.2, 0) is 17.8 Å². The molecule has 6 heteroatoms. The van der Waals surface area contributed by atoms with Gasteiger partial charge in [-0.2, -0.15) is 0 Å². The molecule has 2 aromatic rings. The summed E-state index contributed by atoms with van der Waals surface area (Å²) < 4.78 is 4.93. The Morgan fingerprint density at radius 3 is 2.73 bits per heavy atom. The Morgan fingerprint density at radius 2 is 2.05 bits per heavy atom. The monoisotopic (exact) mass is 317 g/mol. The van der Waals surface area contributed by atoms with Crippen LogP contribution in [0.15, 0.2) is 42.7 Å². The van der Waals surface area contributed by atoms with Gasteiger partial charge in [-0.1, -0.05) is 23.7 Å². The van der Waals surface area contributed by atoms with Crippen molar-refractivity contribution >= 4 is 23.4 Å². The van der Waals surface area contributed by atoms with E-state index >= 15 is 0 Å². The van der Waals surface area contributed by atoms with E-state index in [0.29, 0.717) is 24.7 Å². The van der Waals surface area contributed by atoms with E-state index < -0.39 is 0 Å². The van der Waals surface area contributed by atoms with Crippen molar-refractivity contribution in [2.75, 3.05) is 18.1 Å². The topological polar surface area (TPSA) is 54.5 Å². The lowest BCUT2D eigenvalue weighted by Crippen LogP contribution is -2.23. The minimum Gasteiger partial charge on any atom is -0.447 e. The van der Waals surface area contributed by atoms with Crippen molar-refractivity contribution in [1.82, 2.24) is 10.3 Å². The summed E-state index contributed by atoms with van der Waals surface area (Å²) in [7, 11) is 0. The molecule has 2 heterocycles. The molecule has 114 valence electrons. The molecule has 0 bridgehead atoms. The van der Waals surface area contributed by atoms with Gasteiger partial charge in [-0.05, 0) is 23.8 Å². The number of rotatable bonds is 5. The van der Waals surface area contributed by atoms with Crippen LogP contribution in [0.4, 0.5) is 10.5 Å². The third-order valence-corrected chi connectivity index (χ3v) is 3.87. The van der Waals surface area contributed by atoms with Crippen LogP contribution in [0.2, 0.25) is 5.02 Å². The number of carbonyl (C=O) groups is 1. The molecule has 0 atom stereocenters. The lowest BCUT2D eigenvalue weighted by molar-refractivity contribution is 0.181. The SMILES string of the molecule is O=C1OCCN1c1ccc(CNCc2cnccc2Cl)cc1. The van der Waals surface area contributed by atoms with E-state index in [2.05, 4.69) is 10.3 Å². The molecule has 1 amide bonds. The summed E-state index contributed by atoms with van der Waals surface area (Å²) in [5, 5.41) is 4.04. The molecule has 0 saturated carbocycles. The van der Waals surface area contributed by atoms with E-state index in [9.17, 15) is 4.79 Å². The molecule has 0 radical (unpaired) electrons. The fraction of sp³-hybridized carbons (Fsp3) is 0.250. The molecule has 0 spiro atoms. The average Bonchev–Trinajstić information content (AvgIpc) is 2.96. The first-order chi connectivity index (χ1) is 10.7. The number of cyclic esters (lactones) is 1. The van der Waals surface area contributed by atoms with E-state index in [1.165, 1.54) is 0 Å². The molecular formula is C16H16ClN3O2. The molecular weight excluding hydrogens is 302 g/mol. The highest BCUT2D eigenvalue weighted by Crippen LogP contribution is 2.19. The predicted molar refractivity (Wildman–Crippen MR) is 84.9 cm³/mol. The van der Waals surface area contributed by atoms with Crippen LogP contribution in [-0.4, -0.2) is 24.2 Å². The van der Waals surface area contributed by atoms with Gasteiger partial charge >= 0.3 is 6.09 Å². The Kier molecular flexibility index (Phi) is 4.56. The van der Waals surface area contributed by atoms with Crippen LogP contribution in [0, 0.1) is 0 Å². The predicted octanol–water partition coefficient (Wildman–Crippen LogP) is 2.98. The highest BCUT2D eigenvalue weighted by molar-refractivity contribution is 6.31. The number of nitrogens with zero attached hydrogens (tertiary/aromatic N) is 2. The molecule has 3 rings (SSSR count). The van der Waals surface area contributed by atoms with Crippen molar-refractivity contribution in [2.45, 2.75) is 13.1 Å². The van der Waals surface area contributed by atoms with Gasteiger partial charge in [-0.3, -0.25) is 9.88 Å². The normalized spacial score (nSPS) is 14.2. The summed E-state index contributed by atoms with van der Waals surface area (Å²) >= 11 is 6.08. The van der Waals surface area contributed by atoms with Gasteiger partial charge in [0.05, 0.1) is 6.54 Å². The van der Waals surface area contributed by atoms with Crippen molar-refractivity contribution in [1.29, 1.82) is 0 Å². The molecule has 1 saturated heterocycles. The number of nitrogens with one attached hydrogen (secondary N) is 1. The van der Waals surface area contributed by atoms with Crippen LogP contribution >= 0.6 is 11.6 Å². The summed E-state index contributed by atoms with van der Waals surface area (Å²) in [5.74, 6) is 0. The van der Waals surface area contributed by atoms with E-state index in [0.717, 1.165) is 23.4 Å². The van der Waals surface area contributed by atoms with E-state index in [1.807, 2.05) is 24.3 Å². The second-order valence-corrected chi connectivity index (χ2v) is 5.41. The molecule has 0 unspecified atom stereocenters. The standard InChI is InChI=1S/C16H16ClN3O2/c17-15-5-6-18-10-13(15)11-19-9-12-1-3-14(4-2-12)20-7-8-22-16(20)21/h1-6,10,19H,7-9,11H2. The number of pyridine rings is 1. The van der Waals surface area contributed by atoms with Gasteiger partial charge in [-0.25, -0.2) is 4.79 Å². The van der Waals surface area contributed by atoms with Gasteiger partial charge in [0.1, 0.15) is 6.61 Å². The first-order valence-corrected chi connectivity index (χ1v) is 7.44. The van der Waals surface area contributed by atoms with Crippen molar-refractivity contribution in [3.63, 3.8) is 0 Å². The van der Waals surface area contributed by atoms with Crippen molar-refractivity contribution in [2.24, 2.45) is 0 Å². The maximum Gasteiger partial charge on any atom is 0.414 e. The third kappa shape index (κ3) is 3.37. The zero-order valence-corrected chi connectivity index (χ0v) is 12.7. The highest BCUT2D eigenvalue weighted by atomic mass is 35.5. The Balaban J connectivity index is 1.55. The summed E-state index contributed by atoms with van der Waals surface area (Å²) in [5.41, 5.74) is 2.97. The second-order valence-electron chi connectivity index (χ2n) is 5.00. The molecule has 1 fully saturated rings. The number of hydrogen-bond acceptors (Lipinski definition) is 4. The average molecular weight is 318 g/mol. The largest absolute Gasteiger partial charge is 0.447 e. The van der Waals surface area contributed by atoms with Crippen molar-refractivity contribution in [3.8, 4) is 0 Å². The van der Waals surface area contributed by atoms with Gasteiger partial charge in [-0.15, -0.1) is 0 Å². The number of ether oxygens (including phenoxy) is 1. The van der Waals surface area contributed by atoms with E-state index in [1.54, 1.807) is 23.4 Å². The summed E-state index contributed by atoms with van der Waals surface area (Å²) in [6, 6.07) is 9.64. The lowest BCUT2D eigenvalue weighted by atomic mass is 10.2. The Morgan fingerprint density at radius 1 is 1.23 bits per heavy atom. The molecule has 1 aromatic carbocycles. The maximum absolute atomic E-state index is 11.5. The Bertz CT molecular complexity index is 661. The quantitative estimate of drug-likeness (QED) is 0.921. The smallest absolute Gasteiger partial charge is 0.414 e. The summed E-state index contributed by atoms with van der Waals surface area (Å²) in [6.07, 6.45) is 3.16. The number of benzene rings is 1. The number of hydrogen-bond donors (Lipinski definition) is 1. The van der Waals surface area contributed by atoms with Crippen LogP contribution < -0.4 is 10.2 Å². The number of anilines is 1. The van der Waals surface area contributed by atoms with Gasteiger partial charge in [0.2, 0.25) is 0 Å². The van der Waals surface area contributed by atoms with Crippen LogP contribution in [0.25, 0.3) is 0 Å². The number of amides is 1. The van der Waals surface area contributed by atoms with Crippen LogP contribution in [0.1, 0.15) is 11.1 Å². The van der Waals surface area contributed by atoms with E-state index in [-0.39, 0.29) is 6.09 Å². The minimum absolute atomic E-state index is 0.280. The molecule has 1 aromatic heterocycles. The van der Waals surface area contributed by atoms with Crippen LogP contribution in [0.5, 0.6) is 0 Å². The zero-order chi connectivity index (χ0) is 15.4. The molecule has 1 aliphatic rings. The third-order valence-electron chi connectivity index (χ3n) is 3.50. The Hall–Kier alpha value is -2.11. The molecule has 1 N–H and O–H groups in total. The Labute approximate surface area is 133 Å². The van der Waals surface area contributed by atoms with Crippen molar-refractivity contribution < 1.29 is 9.53 Å². The second kappa shape index (κ2) is 6.77. The molecule has 0 aliphatic carbocycles. The first-order valence-electron chi connectivity index (χ1n) is 7.06. The molecule has 22 heavy (non-hydrogen) atoms.